The molecule has 5 nitrogen and oxygen atoms in total. The Kier molecular flexibility index (Phi) is 6.64. The summed E-state index contributed by atoms with van der Waals surface area (Å²) in [5, 5.41) is 3.11. The van der Waals surface area contributed by atoms with Crippen LogP contribution >= 0.6 is 11.6 Å². The maximum atomic E-state index is 12.2. The van der Waals surface area contributed by atoms with Crippen LogP contribution in [0.1, 0.15) is 27.9 Å². The third kappa shape index (κ3) is 5.49. The van der Waals surface area contributed by atoms with Gasteiger partial charge in [0, 0.05) is 19.7 Å². The largest absolute Gasteiger partial charge is 0.493 e. The zero-order valence-electron chi connectivity index (χ0n) is 15.4. The number of carbonyl (C=O) groups is 2. The van der Waals surface area contributed by atoms with Crippen molar-refractivity contribution in [3.8, 4) is 5.75 Å². The lowest BCUT2D eigenvalue weighted by molar-refractivity contribution is -0.116. The molecule has 0 bridgehead atoms. The molecule has 0 aliphatic carbocycles. The summed E-state index contributed by atoms with van der Waals surface area (Å²) in [6, 6.07) is 10.7. The van der Waals surface area contributed by atoms with E-state index in [1.807, 2.05) is 26.0 Å². The van der Waals surface area contributed by atoms with Gasteiger partial charge in [0.1, 0.15) is 5.75 Å². The van der Waals surface area contributed by atoms with Crippen molar-refractivity contribution in [3.05, 3.63) is 58.1 Å². The standard InChI is InChI=1S/C20H23ClN2O3/c1-13-9-14(2)11-16(10-13)26-8-7-19(24)22-18-12-15(5-6-17(18)21)20(25)23(3)4/h5-6,9-12H,7-8H2,1-4H3,(H,22,24). The minimum Gasteiger partial charge on any atom is -0.493 e. The molecule has 0 aliphatic heterocycles. The van der Waals surface area contributed by atoms with Gasteiger partial charge in [-0.3, -0.25) is 9.59 Å². The maximum Gasteiger partial charge on any atom is 0.253 e. The van der Waals surface area contributed by atoms with Crippen LogP contribution in [-0.4, -0.2) is 37.4 Å². The van der Waals surface area contributed by atoms with E-state index in [2.05, 4.69) is 11.4 Å². The molecule has 0 atom stereocenters. The first-order valence-corrected chi connectivity index (χ1v) is 8.66. The predicted octanol–water partition coefficient (Wildman–Crippen LogP) is 4.07. The van der Waals surface area contributed by atoms with E-state index in [1.54, 1.807) is 32.3 Å². The van der Waals surface area contributed by atoms with Crippen molar-refractivity contribution < 1.29 is 14.3 Å². The minimum atomic E-state index is -0.231. The van der Waals surface area contributed by atoms with Gasteiger partial charge in [-0.25, -0.2) is 0 Å². The van der Waals surface area contributed by atoms with E-state index in [-0.39, 0.29) is 24.8 Å². The summed E-state index contributed by atoms with van der Waals surface area (Å²) in [4.78, 5) is 25.7. The van der Waals surface area contributed by atoms with E-state index < -0.39 is 0 Å². The number of benzene rings is 2. The molecule has 0 aromatic heterocycles. The number of aryl methyl sites for hydroxylation is 2. The Bertz CT molecular complexity index is 798. The molecule has 0 saturated heterocycles. The van der Waals surface area contributed by atoms with Gasteiger partial charge in [0.2, 0.25) is 5.91 Å². The van der Waals surface area contributed by atoms with E-state index in [0.29, 0.717) is 16.3 Å². The molecule has 26 heavy (non-hydrogen) atoms. The number of carbonyl (C=O) groups excluding carboxylic acids is 2. The van der Waals surface area contributed by atoms with E-state index in [9.17, 15) is 9.59 Å². The highest BCUT2D eigenvalue weighted by Crippen LogP contribution is 2.24. The van der Waals surface area contributed by atoms with Gasteiger partial charge >= 0.3 is 0 Å². The topological polar surface area (TPSA) is 58.6 Å². The van der Waals surface area contributed by atoms with Crippen molar-refractivity contribution in [1.29, 1.82) is 0 Å². The van der Waals surface area contributed by atoms with Crippen LogP contribution in [0.2, 0.25) is 5.02 Å². The number of hydrogen-bond donors (Lipinski definition) is 1. The molecular formula is C20H23ClN2O3. The molecule has 0 heterocycles. The molecule has 0 aliphatic rings. The Hall–Kier alpha value is -2.53. The smallest absolute Gasteiger partial charge is 0.253 e. The maximum absolute atomic E-state index is 12.2. The molecule has 0 radical (unpaired) electrons. The Morgan fingerprint density at radius 2 is 1.73 bits per heavy atom. The molecule has 0 unspecified atom stereocenters. The molecule has 0 fully saturated rings. The first-order chi connectivity index (χ1) is 12.3. The van der Waals surface area contributed by atoms with Crippen LogP contribution in [0.3, 0.4) is 0 Å². The SMILES string of the molecule is Cc1cc(C)cc(OCCC(=O)Nc2cc(C(=O)N(C)C)ccc2Cl)c1. The third-order valence-electron chi connectivity index (χ3n) is 3.69. The van der Waals surface area contributed by atoms with E-state index in [1.165, 1.54) is 4.90 Å². The number of nitrogens with zero attached hydrogens (tertiary/aromatic N) is 1. The molecule has 0 saturated carbocycles. The first-order valence-electron chi connectivity index (χ1n) is 8.28. The van der Waals surface area contributed by atoms with Crippen LogP contribution in [-0.2, 0) is 4.79 Å². The van der Waals surface area contributed by atoms with Crippen molar-refractivity contribution in [3.63, 3.8) is 0 Å². The molecule has 2 aromatic rings. The van der Waals surface area contributed by atoms with Gasteiger partial charge in [0.25, 0.3) is 5.91 Å². The van der Waals surface area contributed by atoms with Gasteiger partial charge < -0.3 is 15.0 Å². The van der Waals surface area contributed by atoms with Gasteiger partial charge in [-0.05, 0) is 55.3 Å². The minimum absolute atomic E-state index is 0.157. The van der Waals surface area contributed by atoms with Crippen molar-refractivity contribution in [2.24, 2.45) is 0 Å². The molecule has 138 valence electrons. The number of amides is 2. The summed E-state index contributed by atoms with van der Waals surface area (Å²) < 4.78 is 5.65. The monoisotopic (exact) mass is 374 g/mol. The number of nitrogens with one attached hydrogen (secondary N) is 1. The second-order valence-corrected chi connectivity index (χ2v) is 6.77. The van der Waals surface area contributed by atoms with E-state index in [0.717, 1.165) is 16.9 Å². The average molecular weight is 375 g/mol. The highest BCUT2D eigenvalue weighted by Gasteiger charge is 2.12. The second kappa shape index (κ2) is 8.72. The molecular weight excluding hydrogens is 352 g/mol. The second-order valence-electron chi connectivity index (χ2n) is 6.36. The normalized spacial score (nSPS) is 10.3. The van der Waals surface area contributed by atoms with Crippen molar-refractivity contribution in [2.75, 3.05) is 26.0 Å². The van der Waals surface area contributed by atoms with E-state index in [4.69, 9.17) is 16.3 Å². The molecule has 2 amide bonds. The zero-order valence-corrected chi connectivity index (χ0v) is 16.2. The summed E-state index contributed by atoms with van der Waals surface area (Å²) in [6.45, 7) is 4.25. The lowest BCUT2D eigenvalue weighted by Crippen LogP contribution is -2.22. The van der Waals surface area contributed by atoms with Gasteiger partial charge in [0.15, 0.2) is 0 Å². The van der Waals surface area contributed by atoms with Crippen LogP contribution in [0.15, 0.2) is 36.4 Å². The molecule has 6 heteroatoms. The summed E-state index contributed by atoms with van der Waals surface area (Å²) in [5.41, 5.74) is 3.09. The zero-order chi connectivity index (χ0) is 19.3. The van der Waals surface area contributed by atoms with E-state index >= 15 is 0 Å². The number of hydrogen-bond acceptors (Lipinski definition) is 3. The van der Waals surface area contributed by atoms with Crippen molar-refractivity contribution in [2.45, 2.75) is 20.3 Å². The lowest BCUT2D eigenvalue weighted by atomic mass is 10.1. The quantitative estimate of drug-likeness (QED) is 0.829. The molecule has 1 N–H and O–H groups in total. The Labute approximate surface area is 158 Å². The van der Waals surface area contributed by atoms with Gasteiger partial charge in [-0.1, -0.05) is 17.7 Å². The number of anilines is 1. The fourth-order valence-corrected chi connectivity index (χ4v) is 2.67. The highest BCUT2D eigenvalue weighted by molar-refractivity contribution is 6.33. The van der Waals surface area contributed by atoms with Gasteiger partial charge in [-0.15, -0.1) is 0 Å². The van der Waals surface area contributed by atoms with Gasteiger partial charge in [-0.2, -0.15) is 0 Å². The lowest BCUT2D eigenvalue weighted by Gasteiger charge is -2.13. The number of ether oxygens (including phenoxy) is 1. The summed E-state index contributed by atoms with van der Waals surface area (Å²) in [6.07, 6.45) is 0.176. The fourth-order valence-electron chi connectivity index (χ4n) is 2.50. The summed E-state index contributed by atoms with van der Waals surface area (Å²) in [7, 11) is 3.33. The van der Waals surface area contributed by atoms with Crippen molar-refractivity contribution in [1.82, 2.24) is 4.90 Å². The van der Waals surface area contributed by atoms with Gasteiger partial charge in [0.05, 0.1) is 23.7 Å². The summed E-state index contributed by atoms with van der Waals surface area (Å²) in [5.74, 6) is 0.355. The number of halogens is 1. The molecule has 2 aromatic carbocycles. The van der Waals surface area contributed by atoms with Crippen LogP contribution < -0.4 is 10.1 Å². The van der Waals surface area contributed by atoms with Crippen LogP contribution in [0, 0.1) is 13.8 Å². The highest BCUT2D eigenvalue weighted by atomic mass is 35.5. The van der Waals surface area contributed by atoms with Crippen LogP contribution in [0.4, 0.5) is 5.69 Å². The third-order valence-corrected chi connectivity index (χ3v) is 4.02. The Morgan fingerprint density at radius 1 is 1.08 bits per heavy atom. The molecule has 0 spiro atoms. The Balaban J connectivity index is 1.95. The van der Waals surface area contributed by atoms with Crippen LogP contribution in [0.25, 0.3) is 0 Å². The first kappa shape index (κ1) is 19.8. The average Bonchev–Trinajstić information content (AvgIpc) is 2.55. The van der Waals surface area contributed by atoms with Crippen molar-refractivity contribution >= 4 is 29.1 Å². The summed E-state index contributed by atoms with van der Waals surface area (Å²) >= 11 is 6.12. The number of rotatable bonds is 6. The Morgan fingerprint density at radius 3 is 2.35 bits per heavy atom. The fraction of sp³-hybridized carbons (Fsp3) is 0.300. The van der Waals surface area contributed by atoms with Crippen LogP contribution in [0.5, 0.6) is 5.75 Å². The predicted molar refractivity (Wildman–Crippen MR) is 104 cm³/mol. The molecule has 2 rings (SSSR count).